The number of anilines is 1. The number of carboxylic acids is 2. The molecule has 2 aromatic rings. The van der Waals surface area contributed by atoms with Crippen LogP contribution < -0.4 is 10.6 Å². The molecule has 5 N–H and O–H groups in total. The number of piperidine rings is 2. The van der Waals surface area contributed by atoms with Crippen LogP contribution in [0.5, 0.6) is 0 Å². The summed E-state index contributed by atoms with van der Waals surface area (Å²) in [6, 6.07) is 17.0. The smallest absolute Gasteiger partial charge is 0.480 e. The van der Waals surface area contributed by atoms with E-state index in [1.165, 1.54) is 18.5 Å². The van der Waals surface area contributed by atoms with Crippen LogP contribution >= 0.6 is 0 Å². The molecule has 0 aliphatic carbocycles. The van der Waals surface area contributed by atoms with Crippen molar-refractivity contribution in [2.75, 3.05) is 31.1 Å². The number of halogens is 3. The Labute approximate surface area is 219 Å². The van der Waals surface area contributed by atoms with Crippen molar-refractivity contribution in [3.05, 3.63) is 65.7 Å². The minimum absolute atomic E-state index is 0.106. The van der Waals surface area contributed by atoms with E-state index in [-0.39, 0.29) is 5.84 Å². The van der Waals surface area contributed by atoms with E-state index < -0.39 is 24.2 Å². The lowest BCUT2D eigenvalue weighted by atomic mass is 9.78. The van der Waals surface area contributed by atoms with E-state index in [9.17, 15) is 23.1 Å². The van der Waals surface area contributed by atoms with Crippen LogP contribution in [0.2, 0.25) is 0 Å². The van der Waals surface area contributed by atoms with Gasteiger partial charge in [0.1, 0.15) is 11.9 Å². The maximum Gasteiger partial charge on any atom is 0.490 e. The van der Waals surface area contributed by atoms with Crippen LogP contribution in [0.4, 0.5) is 18.9 Å². The van der Waals surface area contributed by atoms with Gasteiger partial charge in [-0.1, -0.05) is 30.3 Å². The molecule has 11 heteroatoms. The number of hydrogen-bond donors (Lipinski definition) is 4. The lowest BCUT2D eigenvalue weighted by molar-refractivity contribution is -0.192. The summed E-state index contributed by atoms with van der Waals surface area (Å²) in [4.78, 5) is 25.4. The van der Waals surface area contributed by atoms with Crippen LogP contribution in [0.1, 0.15) is 42.9 Å². The van der Waals surface area contributed by atoms with E-state index >= 15 is 0 Å². The molecule has 8 nitrogen and oxygen atoms in total. The highest BCUT2D eigenvalue weighted by Crippen LogP contribution is 2.36. The Morgan fingerprint density at radius 3 is 1.76 bits per heavy atom. The molecule has 0 radical (unpaired) electrons. The molecule has 0 bridgehead atoms. The molecule has 38 heavy (non-hydrogen) atoms. The standard InChI is InChI=1S/C25H32N4O2.C2HF3O2/c26-24(27)21-6-8-22(9-7-21)28-14-10-18(11-15-28)19-12-16-29(17-13-19)23(25(30)31)20-4-2-1-3-5-20;3-2(4,5)1(6)7/h1-9,18-19,23H,10-17H2,(H3,26,27)(H,30,31);(H,6,7). The van der Waals surface area contributed by atoms with Crippen LogP contribution in [0, 0.1) is 17.2 Å². The number of benzene rings is 2. The third-order valence-electron chi connectivity index (χ3n) is 7.28. The van der Waals surface area contributed by atoms with Gasteiger partial charge in [-0.05, 0) is 80.4 Å². The second-order valence-electron chi connectivity index (χ2n) is 9.61. The SMILES string of the molecule is N=C(N)c1ccc(N2CCC(C3CCN(C(C(=O)O)c4ccccc4)CC3)CC2)cc1.O=C(O)C(F)(F)F. The van der Waals surface area contributed by atoms with Gasteiger partial charge in [-0.3, -0.25) is 15.1 Å². The van der Waals surface area contributed by atoms with Crippen molar-refractivity contribution in [2.45, 2.75) is 37.9 Å². The van der Waals surface area contributed by atoms with Gasteiger partial charge in [0.15, 0.2) is 0 Å². The fourth-order valence-corrected chi connectivity index (χ4v) is 5.27. The highest BCUT2D eigenvalue weighted by molar-refractivity contribution is 5.95. The number of carbonyl (C=O) groups is 2. The van der Waals surface area contributed by atoms with Crippen molar-refractivity contribution < 1.29 is 33.0 Å². The van der Waals surface area contributed by atoms with Crippen LogP contribution in [0.15, 0.2) is 54.6 Å². The molecule has 0 spiro atoms. The molecule has 206 valence electrons. The summed E-state index contributed by atoms with van der Waals surface area (Å²) in [5.74, 6) is -2.01. The normalized spacial score (nSPS) is 18.2. The van der Waals surface area contributed by atoms with Crippen molar-refractivity contribution in [3.8, 4) is 0 Å². The Hall–Kier alpha value is -3.60. The number of aliphatic carboxylic acids is 2. The highest BCUT2D eigenvalue weighted by atomic mass is 19.4. The number of nitrogens with one attached hydrogen (secondary N) is 1. The Balaban J connectivity index is 0.000000505. The van der Waals surface area contributed by atoms with Gasteiger partial charge in [0, 0.05) is 24.3 Å². The van der Waals surface area contributed by atoms with Gasteiger partial charge in [-0.25, -0.2) is 4.79 Å². The first-order chi connectivity index (χ1) is 18.0. The van der Waals surface area contributed by atoms with E-state index in [1.54, 1.807) is 0 Å². The number of amidine groups is 1. The Bertz CT molecular complexity index is 1080. The van der Waals surface area contributed by atoms with E-state index in [0.29, 0.717) is 5.92 Å². The van der Waals surface area contributed by atoms with Crippen molar-refractivity contribution in [2.24, 2.45) is 17.6 Å². The van der Waals surface area contributed by atoms with Crippen molar-refractivity contribution in [1.29, 1.82) is 5.41 Å². The molecular weight excluding hydrogens is 501 g/mol. The average Bonchev–Trinajstić information content (AvgIpc) is 2.90. The van der Waals surface area contributed by atoms with E-state index in [4.69, 9.17) is 21.0 Å². The Morgan fingerprint density at radius 2 is 1.34 bits per heavy atom. The van der Waals surface area contributed by atoms with Crippen LogP contribution in [0.3, 0.4) is 0 Å². The number of rotatable bonds is 6. The first-order valence-corrected chi connectivity index (χ1v) is 12.5. The number of carboxylic acid groups (broad SMARTS) is 2. The lowest BCUT2D eigenvalue weighted by Crippen LogP contribution is -2.43. The van der Waals surface area contributed by atoms with Crippen molar-refractivity contribution in [3.63, 3.8) is 0 Å². The topological polar surface area (TPSA) is 131 Å². The third-order valence-corrected chi connectivity index (χ3v) is 7.28. The molecule has 0 amide bonds. The molecule has 2 aliphatic heterocycles. The quantitative estimate of drug-likeness (QED) is 0.320. The fourth-order valence-electron chi connectivity index (χ4n) is 5.27. The molecule has 2 fully saturated rings. The molecule has 0 aromatic heterocycles. The molecule has 4 rings (SSSR count). The Morgan fingerprint density at radius 1 is 0.868 bits per heavy atom. The van der Waals surface area contributed by atoms with Gasteiger partial charge in [-0.15, -0.1) is 0 Å². The van der Waals surface area contributed by atoms with Crippen LogP contribution in [-0.2, 0) is 9.59 Å². The largest absolute Gasteiger partial charge is 0.490 e. The number of alkyl halides is 3. The lowest BCUT2D eigenvalue weighted by Gasteiger charge is -2.42. The van der Waals surface area contributed by atoms with Crippen LogP contribution in [0.25, 0.3) is 0 Å². The van der Waals surface area contributed by atoms with Crippen molar-refractivity contribution in [1.82, 2.24) is 4.90 Å². The molecule has 2 aliphatic rings. The second-order valence-corrected chi connectivity index (χ2v) is 9.61. The van der Waals surface area contributed by atoms with Gasteiger partial charge < -0.3 is 20.8 Å². The number of nitrogens with zero attached hydrogens (tertiary/aromatic N) is 2. The predicted octanol–water partition coefficient (Wildman–Crippen LogP) is 4.36. The van der Waals surface area contributed by atoms with Crippen LogP contribution in [-0.4, -0.2) is 65.2 Å². The van der Waals surface area contributed by atoms with Gasteiger partial charge in [0.25, 0.3) is 0 Å². The molecule has 1 unspecified atom stereocenters. The number of hydrogen-bond acceptors (Lipinski definition) is 5. The van der Waals surface area contributed by atoms with E-state index in [1.807, 2.05) is 42.5 Å². The Kier molecular flexibility index (Phi) is 9.73. The number of likely N-dealkylation sites (tertiary alicyclic amines) is 1. The zero-order valence-corrected chi connectivity index (χ0v) is 20.9. The molecule has 2 aromatic carbocycles. The summed E-state index contributed by atoms with van der Waals surface area (Å²) in [5, 5.41) is 24.5. The third kappa shape index (κ3) is 7.70. The van der Waals surface area contributed by atoms with Gasteiger partial charge >= 0.3 is 18.1 Å². The highest BCUT2D eigenvalue weighted by Gasteiger charge is 2.38. The van der Waals surface area contributed by atoms with Crippen molar-refractivity contribution >= 4 is 23.5 Å². The first kappa shape index (κ1) is 29.0. The molecular formula is C27H33F3N4O4. The van der Waals surface area contributed by atoms with Gasteiger partial charge in [0.05, 0.1) is 0 Å². The average molecular weight is 535 g/mol. The molecule has 0 saturated carbocycles. The second kappa shape index (κ2) is 12.8. The first-order valence-electron chi connectivity index (χ1n) is 12.5. The fraction of sp³-hybridized carbons (Fsp3) is 0.444. The minimum Gasteiger partial charge on any atom is -0.480 e. The number of nitrogen functional groups attached to an aromatic ring is 1. The summed E-state index contributed by atoms with van der Waals surface area (Å²) in [6.07, 6.45) is -0.566. The summed E-state index contributed by atoms with van der Waals surface area (Å²) >= 11 is 0. The maximum atomic E-state index is 11.9. The van der Waals surface area contributed by atoms with Gasteiger partial charge in [0.2, 0.25) is 0 Å². The molecule has 2 heterocycles. The zero-order valence-electron chi connectivity index (χ0n) is 20.9. The zero-order chi connectivity index (χ0) is 27.9. The number of nitrogens with two attached hydrogens (primary N) is 1. The van der Waals surface area contributed by atoms with E-state index in [2.05, 4.69) is 21.9 Å². The summed E-state index contributed by atoms with van der Waals surface area (Å²) in [5.41, 5.74) is 8.39. The maximum absolute atomic E-state index is 11.9. The van der Waals surface area contributed by atoms with E-state index in [0.717, 1.165) is 56.1 Å². The molecule has 2 saturated heterocycles. The summed E-state index contributed by atoms with van der Waals surface area (Å²) in [7, 11) is 0. The molecule has 1 atom stereocenters. The minimum atomic E-state index is -5.08. The summed E-state index contributed by atoms with van der Waals surface area (Å²) < 4.78 is 31.7. The monoisotopic (exact) mass is 534 g/mol. The van der Waals surface area contributed by atoms with Gasteiger partial charge in [-0.2, -0.15) is 13.2 Å². The predicted molar refractivity (Wildman–Crippen MR) is 137 cm³/mol. The summed E-state index contributed by atoms with van der Waals surface area (Å²) in [6.45, 7) is 3.80.